The third kappa shape index (κ3) is 2.76. The standard InChI is InChI=1S/C8H11F2N5O/c1-12-6(16)3-13-7-4(9)2-5(10)8(14-7)15-11/h2H,3,11H2,1H3,(H,12,16)(H2,13,14,15). The van der Waals surface area contributed by atoms with Gasteiger partial charge < -0.3 is 16.1 Å². The minimum atomic E-state index is -0.912. The molecule has 16 heavy (non-hydrogen) atoms. The molecule has 1 heterocycles. The van der Waals surface area contributed by atoms with Gasteiger partial charge in [-0.15, -0.1) is 0 Å². The van der Waals surface area contributed by atoms with Crippen LogP contribution in [0.15, 0.2) is 6.07 Å². The van der Waals surface area contributed by atoms with Crippen molar-refractivity contribution in [2.24, 2.45) is 5.84 Å². The topological polar surface area (TPSA) is 92.1 Å². The highest BCUT2D eigenvalue weighted by Crippen LogP contribution is 2.17. The van der Waals surface area contributed by atoms with Crippen LogP contribution in [-0.2, 0) is 4.79 Å². The Morgan fingerprint density at radius 3 is 2.62 bits per heavy atom. The monoisotopic (exact) mass is 231 g/mol. The summed E-state index contributed by atoms with van der Waals surface area (Å²) in [5.74, 6) is 2.25. The van der Waals surface area contributed by atoms with Crippen LogP contribution in [0, 0.1) is 11.6 Å². The molecule has 0 spiro atoms. The predicted octanol–water partition coefficient (Wildman–Crippen LogP) is -0.197. The van der Waals surface area contributed by atoms with E-state index < -0.39 is 11.6 Å². The fourth-order valence-electron chi connectivity index (χ4n) is 0.944. The molecule has 0 aliphatic heterocycles. The van der Waals surface area contributed by atoms with Crippen LogP contribution >= 0.6 is 0 Å². The third-order valence-electron chi connectivity index (χ3n) is 1.76. The van der Waals surface area contributed by atoms with E-state index in [4.69, 9.17) is 5.84 Å². The molecule has 6 nitrogen and oxygen atoms in total. The molecule has 1 rings (SSSR count). The fraction of sp³-hybridized carbons (Fsp3) is 0.250. The summed E-state index contributed by atoms with van der Waals surface area (Å²) < 4.78 is 26.1. The van der Waals surface area contributed by atoms with Gasteiger partial charge in [-0.3, -0.25) is 4.79 Å². The number of nitrogens with two attached hydrogens (primary N) is 1. The van der Waals surface area contributed by atoms with E-state index >= 15 is 0 Å². The molecule has 0 aliphatic rings. The number of rotatable bonds is 4. The van der Waals surface area contributed by atoms with E-state index in [1.807, 2.05) is 5.43 Å². The van der Waals surface area contributed by atoms with Gasteiger partial charge in [0.05, 0.1) is 6.54 Å². The Bertz CT molecular complexity index is 398. The van der Waals surface area contributed by atoms with Gasteiger partial charge >= 0.3 is 0 Å². The summed E-state index contributed by atoms with van der Waals surface area (Å²) in [7, 11) is 1.44. The molecule has 88 valence electrons. The van der Waals surface area contributed by atoms with Gasteiger partial charge in [0.25, 0.3) is 0 Å². The molecule has 0 fully saturated rings. The van der Waals surface area contributed by atoms with Crippen LogP contribution in [0.5, 0.6) is 0 Å². The first-order chi connectivity index (χ1) is 7.58. The van der Waals surface area contributed by atoms with Crippen molar-refractivity contribution in [3.05, 3.63) is 17.7 Å². The fourth-order valence-corrected chi connectivity index (χ4v) is 0.944. The molecule has 0 saturated heterocycles. The minimum Gasteiger partial charge on any atom is -0.359 e. The molecule has 1 aromatic heterocycles. The van der Waals surface area contributed by atoms with Crippen LogP contribution in [0.4, 0.5) is 20.4 Å². The lowest BCUT2D eigenvalue weighted by atomic mass is 10.4. The highest BCUT2D eigenvalue weighted by molar-refractivity contribution is 5.80. The number of nitrogens with one attached hydrogen (secondary N) is 3. The number of hydrogen-bond acceptors (Lipinski definition) is 5. The average molecular weight is 231 g/mol. The first-order valence-corrected chi connectivity index (χ1v) is 4.35. The Hall–Kier alpha value is -1.96. The maximum absolute atomic E-state index is 13.2. The van der Waals surface area contributed by atoms with E-state index in [2.05, 4.69) is 15.6 Å². The molecule has 0 aromatic carbocycles. The molecule has 1 amide bonds. The van der Waals surface area contributed by atoms with Gasteiger partial charge in [0.15, 0.2) is 23.3 Å². The van der Waals surface area contributed by atoms with E-state index in [1.165, 1.54) is 7.05 Å². The highest BCUT2D eigenvalue weighted by atomic mass is 19.1. The Morgan fingerprint density at radius 1 is 1.44 bits per heavy atom. The third-order valence-corrected chi connectivity index (χ3v) is 1.76. The maximum atomic E-state index is 13.2. The van der Waals surface area contributed by atoms with Crippen molar-refractivity contribution in [2.45, 2.75) is 0 Å². The largest absolute Gasteiger partial charge is 0.359 e. The average Bonchev–Trinajstić information content (AvgIpc) is 2.27. The van der Waals surface area contributed by atoms with Gasteiger partial charge in [0.1, 0.15) is 0 Å². The number of likely N-dealkylation sites (N-methyl/N-ethyl adjacent to an activating group) is 1. The summed E-state index contributed by atoms with van der Waals surface area (Å²) in [5, 5.41) is 4.73. The Kier molecular flexibility index (Phi) is 3.95. The van der Waals surface area contributed by atoms with Crippen molar-refractivity contribution >= 4 is 17.5 Å². The number of nitrogen functional groups attached to an aromatic ring is 1. The van der Waals surface area contributed by atoms with Crippen molar-refractivity contribution in [3.8, 4) is 0 Å². The van der Waals surface area contributed by atoms with Crippen molar-refractivity contribution in [1.29, 1.82) is 0 Å². The van der Waals surface area contributed by atoms with Crippen molar-refractivity contribution in [1.82, 2.24) is 10.3 Å². The first kappa shape index (κ1) is 12.1. The van der Waals surface area contributed by atoms with Crippen LogP contribution in [0.1, 0.15) is 0 Å². The lowest BCUT2D eigenvalue weighted by molar-refractivity contribution is -0.118. The SMILES string of the molecule is CNC(=O)CNc1nc(NN)c(F)cc1F. The second-order valence-corrected chi connectivity index (χ2v) is 2.82. The molecule has 0 bridgehead atoms. The Balaban J connectivity index is 2.83. The molecule has 1 aromatic rings. The Labute approximate surface area is 90.2 Å². The van der Waals surface area contributed by atoms with Crippen molar-refractivity contribution in [3.63, 3.8) is 0 Å². The number of nitrogens with zero attached hydrogens (tertiary/aromatic N) is 1. The van der Waals surface area contributed by atoms with Gasteiger partial charge in [-0.05, 0) is 0 Å². The number of pyridine rings is 1. The number of aromatic nitrogens is 1. The van der Waals surface area contributed by atoms with Crippen LogP contribution in [-0.4, -0.2) is 24.5 Å². The van der Waals surface area contributed by atoms with Crippen molar-refractivity contribution < 1.29 is 13.6 Å². The molecule has 0 atom stereocenters. The Morgan fingerprint density at radius 2 is 2.06 bits per heavy atom. The van der Waals surface area contributed by atoms with E-state index in [9.17, 15) is 13.6 Å². The number of halogens is 2. The summed E-state index contributed by atoms with van der Waals surface area (Å²) in [6.45, 7) is -0.171. The number of carbonyl (C=O) groups is 1. The van der Waals surface area contributed by atoms with Crippen LogP contribution in [0.25, 0.3) is 0 Å². The lowest BCUT2D eigenvalue weighted by Gasteiger charge is -2.08. The molecule has 0 unspecified atom stereocenters. The maximum Gasteiger partial charge on any atom is 0.239 e. The number of anilines is 2. The van der Waals surface area contributed by atoms with E-state index in [0.717, 1.165) is 0 Å². The molecular weight excluding hydrogens is 220 g/mol. The highest BCUT2D eigenvalue weighted by Gasteiger charge is 2.11. The lowest BCUT2D eigenvalue weighted by Crippen LogP contribution is -2.27. The number of amides is 1. The first-order valence-electron chi connectivity index (χ1n) is 4.35. The van der Waals surface area contributed by atoms with Crippen LogP contribution < -0.4 is 21.9 Å². The molecule has 0 aliphatic carbocycles. The van der Waals surface area contributed by atoms with E-state index in [1.54, 1.807) is 0 Å². The molecule has 8 heteroatoms. The smallest absolute Gasteiger partial charge is 0.239 e. The predicted molar refractivity (Wildman–Crippen MR) is 54.5 cm³/mol. The van der Waals surface area contributed by atoms with Gasteiger partial charge in [-0.2, -0.15) is 0 Å². The van der Waals surface area contributed by atoms with Gasteiger partial charge in [-0.25, -0.2) is 19.6 Å². The zero-order chi connectivity index (χ0) is 12.1. The minimum absolute atomic E-state index is 0.171. The molecule has 0 radical (unpaired) electrons. The summed E-state index contributed by atoms with van der Waals surface area (Å²) in [4.78, 5) is 14.4. The zero-order valence-electron chi connectivity index (χ0n) is 8.47. The molecule has 5 N–H and O–H groups in total. The number of carbonyl (C=O) groups excluding carboxylic acids is 1. The summed E-state index contributed by atoms with van der Waals surface area (Å²) in [6.07, 6.45) is 0. The van der Waals surface area contributed by atoms with Gasteiger partial charge in [-0.1, -0.05) is 0 Å². The zero-order valence-corrected chi connectivity index (χ0v) is 8.47. The summed E-state index contributed by atoms with van der Waals surface area (Å²) in [5.41, 5.74) is 1.97. The van der Waals surface area contributed by atoms with Crippen molar-refractivity contribution in [2.75, 3.05) is 24.3 Å². The summed E-state index contributed by atoms with van der Waals surface area (Å²) >= 11 is 0. The number of hydrogen-bond donors (Lipinski definition) is 4. The van der Waals surface area contributed by atoms with Gasteiger partial charge in [0.2, 0.25) is 5.91 Å². The molecule has 0 saturated carbocycles. The molecular formula is C8H11F2N5O. The van der Waals surface area contributed by atoms with E-state index in [0.29, 0.717) is 6.07 Å². The van der Waals surface area contributed by atoms with Crippen LogP contribution in [0.2, 0.25) is 0 Å². The van der Waals surface area contributed by atoms with Crippen LogP contribution in [0.3, 0.4) is 0 Å². The quantitative estimate of drug-likeness (QED) is 0.425. The number of hydrazine groups is 1. The second-order valence-electron chi connectivity index (χ2n) is 2.82. The normalized spacial score (nSPS) is 9.75. The second kappa shape index (κ2) is 5.21. The van der Waals surface area contributed by atoms with Gasteiger partial charge in [0, 0.05) is 13.1 Å². The summed E-state index contributed by atoms with van der Waals surface area (Å²) in [6, 6.07) is 0.619. The van der Waals surface area contributed by atoms with E-state index in [-0.39, 0.29) is 24.1 Å².